The maximum atomic E-state index is 12.7. The molecule has 0 aromatic heterocycles. The summed E-state index contributed by atoms with van der Waals surface area (Å²) >= 11 is 10.8. The fraction of sp³-hybridized carbons (Fsp3) is 0.296. The van der Waals surface area contributed by atoms with Gasteiger partial charge in [-0.1, -0.05) is 18.2 Å². The third-order valence-electron chi connectivity index (χ3n) is 5.42. The maximum absolute atomic E-state index is 12.7. The van der Waals surface area contributed by atoms with E-state index in [0.29, 0.717) is 43.5 Å². The van der Waals surface area contributed by atoms with Gasteiger partial charge in [0.05, 0.1) is 39.1 Å². The summed E-state index contributed by atoms with van der Waals surface area (Å²) in [6.07, 6.45) is 1.47. The zero-order valence-corrected chi connectivity index (χ0v) is 27.0. The molecule has 0 radical (unpaired) electrons. The van der Waals surface area contributed by atoms with Crippen molar-refractivity contribution in [2.45, 2.75) is 26.8 Å². The molecule has 3 N–H and O–H groups in total. The van der Waals surface area contributed by atoms with Crippen LogP contribution in [0, 0.1) is 3.57 Å². The molecule has 0 aliphatic carbocycles. The summed E-state index contributed by atoms with van der Waals surface area (Å²) in [5.41, 5.74) is 4.65. The molecule has 2 aromatic carbocycles. The van der Waals surface area contributed by atoms with Gasteiger partial charge in [-0.05, 0) is 95.3 Å². The summed E-state index contributed by atoms with van der Waals surface area (Å²) in [4.78, 5) is 36.8. The fourth-order valence-corrected chi connectivity index (χ4v) is 5.78. The Morgan fingerprint density at radius 3 is 2.56 bits per heavy atom. The van der Waals surface area contributed by atoms with Crippen molar-refractivity contribution in [3.8, 4) is 11.5 Å². The van der Waals surface area contributed by atoms with E-state index in [1.807, 2.05) is 0 Å². The fourth-order valence-electron chi connectivity index (χ4n) is 3.74. The third kappa shape index (κ3) is 9.13. The first-order valence-electron chi connectivity index (χ1n) is 12.4. The molecule has 1 amide bonds. The van der Waals surface area contributed by atoms with Crippen LogP contribution in [0.25, 0.3) is 0 Å². The summed E-state index contributed by atoms with van der Waals surface area (Å²) in [7, 11) is 0. The number of hydrazone groups is 1. The lowest BCUT2D eigenvalue weighted by Gasteiger charge is -2.30. The van der Waals surface area contributed by atoms with E-state index >= 15 is 0 Å². The summed E-state index contributed by atoms with van der Waals surface area (Å²) in [5.74, 6) is -0.563. The Bertz CT molecular complexity index is 1360. The smallest absolute Gasteiger partial charge is 0.344 e. The standard InChI is InChI=1S/C27H28BrIN4O7S/c1-4-37-22(35)14-40-25-18(28)10-16(11-19(25)29)12-30-33-21(34)13-39-20-9-7-6-8-17(20)24-23(26(36)38-5-2)15(3)31-27(41)32-24/h6-12,24H,4-5,13-14H2,1-3H3,(H,33,34)(H2,31,32,41)/t24-/m0/s1. The number of thiocarbonyl (C=S) groups is 1. The van der Waals surface area contributed by atoms with Crippen LogP contribution >= 0.6 is 50.7 Å². The monoisotopic (exact) mass is 758 g/mol. The summed E-state index contributed by atoms with van der Waals surface area (Å²) in [6, 6.07) is 9.91. The van der Waals surface area contributed by atoms with Crippen molar-refractivity contribution in [1.82, 2.24) is 16.1 Å². The number of ether oxygens (including phenoxy) is 4. The Kier molecular flexibility index (Phi) is 12.3. The van der Waals surface area contributed by atoms with Gasteiger partial charge >= 0.3 is 11.9 Å². The van der Waals surface area contributed by atoms with Gasteiger partial charge < -0.3 is 29.6 Å². The first kappa shape index (κ1) is 32.3. The number of amides is 1. The Balaban J connectivity index is 1.64. The minimum absolute atomic E-state index is 0.213. The zero-order valence-electron chi connectivity index (χ0n) is 22.4. The Labute approximate surface area is 264 Å². The van der Waals surface area contributed by atoms with E-state index in [9.17, 15) is 14.4 Å². The Morgan fingerprint density at radius 1 is 1.12 bits per heavy atom. The summed E-state index contributed by atoms with van der Waals surface area (Å²) < 4.78 is 22.8. The molecule has 3 rings (SSSR count). The van der Waals surface area contributed by atoms with E-state index in [1.165, 1.54) is 6.21 Å². The van der Waals surface area contributed by atoms with Crippen LogP contribution in [0.1, 0.15) is 37.9 Å². The third-order valence-corrected chi connectivity index (χ3v) is 7.03. The minimum atomic E-state index is -0.634. The largest absolute Gasteiger partial charge is 0.483 e. The quantitative estimate of drug-likeness (QED) is 0.0963. The average Bonchev–Trinajstić information content (AvgIpc) is 2.91. The van der Waals surface area contributed by atoms with Crippen LogP contribution in [-0.2, 0) is 23.9 Å². The predicted molar refractivity (Wildman–Crippen MR) is 168 cm³/mol. The minimum Gasteiger partial charge on any atom is -0.483 e. The Morgan fingerprint density at radius 2 is 1.85 bits per heavy atom. The van der Waals surface area contributed by atoms with Crippen LogP contribution in [0.4, 0.5) is 0 Å². The number of allylic oxidation sites excluding steroid dienone is 1. The second kappa shape index (κ2) is 15.7. The lowest BCUT2D eigenvalue weighted by atomic mass is 9.95. The van der Waals surface area contributed by atoms with Crippen molar-refractivity contribution < 1.29 is 33.3 Å². The SMILES string of the molecule is CCOC(=O)COc1c(Br)cc(C=NNC(=O)COc2ccccc2[C@@H]2NC(=S)NC(C)=C2C(=O)OCC)cc1I. The number of carbonyl (C=O) groups excluding carboxylic acids is 3. The van der Waals surface area contributed by atoms with E-state index in [4.69, 9.17) is 31.2 Å². The molecule has 41 heavy (non-hydrogen) atoms. The van der Waals surface area contributed by atoms with Gasteiger partial charge in [0.15, 0.2) is 18.3 Å². The highest BCUT2D eigenvalue weighted by atomic mass is 127. The van der Waals surface area contributed by atoms with Crippen LogP contribution in [0.5, 0.6) is 11.5 Å². The molecule has 0 fully saturated rings. The van der Waals surface area contributed by atoms with Gasteiger partial charge in [0.1, 0.15) is 11.5 Å². The number of nitrogens with zero attached hydrogens (tertiary/aromatic N) is 1. The van der Waals surface area contributed by atoms with Gasteiger partial charge in [0, 0.05) is 11.3 Å². The van der Waals surface area contributed by atoms with Crippen molar-refractivity contribution in [3.05, 3.63) is 66.8 Å². The van der Waals surface area contributed by atoms with Crippen molar-refractivity contribution in [2.75, 3.05) is 26.4 Å². The molecule has 0 saturated carbocycles. The number of benzene rings is 2. The van der Waals surface area contributed by atoms with Gasteiger partial charge in [-0.3, -0.25) is 4.79 Å². The molecule has 1 aliphatic heterocycles. The second-order valence-electron chi connectivity index (χ2n) is 8.32. The molecule has 14 heteroatoms. The van der Waals surface area contributed by atoms with Gasteiger partial charge in [-0.2, -0.15) is 5.10 Å². The summed E-state index contributed by atoms with van der Waals surface area (Å²) in [5, 5.41) is 10.4. The van der Waals surface area contributed by atoms with Gasteiger partial charge in [-0.15, -0.1) is 0 Å². The van der Waals surface area contributed by atoms with Crippen molar-refractivity contribution in [1.29, 1.82) is 0 Å². The molecule has 0 spiro atoms. The Hall–Kier alpha value is -3.24. The number of hydrogen-bond donors (Lipinski definition) is 3. The van der Waals surface area contributed by atoms with Crippen LogP contribution in [0.15, 0.2) is 57.2 Å². The van der Waals surface area contributed by atoms with Crippen LogP contribution in [0.3, 0.4) is 0 Å². The molecule has 1 aliphatic rings. The first-order chi connectivity index (χ1) is 19.6. The maximum Gasteiger partial charge on any atom is 0.344 e. The number of hydrogen-bond acceptors (Lipinski definition) is 9. The molecule has 0 unspecified atom stereocenters. The van der Waals surface area contributed by atoms with E-state index in [-0.39, 0.29) is 26.4 Å². The molecule has 0 bridgehead atoms. The highest BCUT2D eigenvalue weighted by Gasteiger charge is 2.32. The van der Waals surface area contributed by atoms with E-state index < -0.39 is 23.9 Å². The lowest BCUT2D eigenvalue weighted by Crippen LogP contribution is -2.45. The number of halogens is 2. The van der Waals surface area contributed by atoms with E-state index in [2.05, 4.69) is 59.7 Å². The topological polar surface area (TPSA) is 137 Å². The molecular formula is C27H28BrIN4O7S. The van der Waals surface area contributed by atoms with Crippen molar-refractivity contribution in [3.63, 3.8) is 0 Å². The molecular weight excluding hydrogens is 731 g/mol. The number of para-hydroxylation sites is 1. The van der Waals surface area contributed by atoms with Crippen LogP contribution < -0.4 is 25.5 Å². The molecule has 0 saturated heterocycles. The van der Waals surface area contributed by atoms with Crippen LogP contribution in [0.2, 0.25) is 0 Å². The zero-order chi connectivity index (χ0) is 29.9. The number of carbonyl (C=O) groups is 3. The van der Waals surface area contributed by atoms with E-state index in [1.54, 1.807) is 57.2 Å². The number of rotatable bonds is 12. The average molecular weight is 759 g/mol. The van der Waals surface area contributed by atoms with Crippen LogP contribution in [-0.4, -0.2) is 55.6 Å². The first-order valence-corrected chi connectivity index (χ1v) is 14.7. The number of esters is 2. The van der Waals surface area contributed by atoms with Crippen molar-refractivity contribution >= 4 is 79.9 Å². The van der Waals surface area contributed by atoms with Gasteiger partial charge in [0.2, 0.25) is 0 Å². The molecule has 1 atom stereocenters. The van der Waals surface area contributed by atoms with E-state index in [0.717, 1.165) is 3.57 Å². The second-order valence-corrected chi connectivity index (χ2v) is 10.7. The highest BCUT2D eigenvalue weighted by molar-refractivity contribution is 14.1. The molecule has 218 valence electrons. The van der Waals surface area contributed by atoms with Crippen molar-refractivity contribution in [2.24, 2.45) is 5.10 Å². The number of nitrogens with one attached hydrogen (secondary N) is 3. The predicted octanol–water partition coefficient (Wildman–Crippen LogP) is 3.88. The normalized spacial score (nSPS) is 14.7. The highest BCUT2D eigenvalue weighted by Crippen LogP contribution is 2.34. The lowest BCUT2D eigenvalue weighted by molar-refractivity contribution is -0.145. The molecule has 2 aromatic rings. The van der Waals surface area contributed by atoms with Gasteiger partial charge in [0.25, 0.3) is 5.91 Å². The summed E-state index contributed by atoms with van der Waals surface area (Å²) in [6.45, 7) is 5.14. The van der Waals surface area contributed by atoms with Gasteiger partial charge in [-0.25, -0.2) is 15.0 Å². The molecule has 11 nitrogen and oxygen atoms in total. The molecule has 1 heterocycles.